The van der Waals surface area contributed by atoms with Crippen LogP contribution in [-0.4, -0.2) is 18.8 Å². The molecule has 6 heteroatoms. The third kappa shape index (κ3) is 3.89. The average molecular weight is 503 g/mol. The maximum Gasteiger partial charge on any atom is 0.473 e. The molecule has 1 heterocycles. The van der Waals surface area contributed by atoms with Crippen LogP contribution in [-0.2, 0) is 25.4 Å². The predicted molar refractivity (Wildman–Crippen MR) is 134 cm³/mol. The Morgan fingerprint density at radius 2 is 0.892 bits per heavy atom. The molecular formula is C31H25F3O3. The van der Waals surface area contributed by atoms with Crippen LogP contribution in [0.25, 0.3) is 0 Å². The number of alkyl halides is 3. The van der Waals surface area contributed by atoms with Crippen molar-refractivity contribution in [2.45, 2.75) is 23.4 Å². The minimum atomic E-state index is -5.06. The van der Waals surface area contributed by atoms with E-state index in [4.69, 9.17) is 14.2 Å². The van der Waals surface area contributed by atoms with Crippen LogP contribution in [0.2, 0.25) is 0 Å². The number of benzene rings is 4. The molecular weight excluding hydrogens is 477 g/mol. The number of hydrogen-bond acceptors (Lipinski definition) is 3. The van der Waals surface area contributed by atoms with Crippen LogP contribution in [0, 0.1) is 0 Å². The van der Waals surface area contributed by atoms with Crippen molar-refractivity contribution in [3.63, 3.8) is 0 Å². The summed E-state index contributed by atoms with van der Waals surface area (Å²) in [5, 5.41) is 0. The molecule has 0 atom stereocenters. The Labute approximate surface area is 213 Å². The molecule has 188 valence electrons. The van der Waals surface area contributed by atoms with Gasteiger partial charge in [0.15, 0.2) is 11.2 Å². The molecule has 1 fully saturated rings. The first-order valence-corrected chi connectivity index (χ1v) is 11.8. The van der Waals surface area contributed by atoms with E-state index in [0.717, 1.165) is 0 Å². The molecule has 5 rings (SSSR count). The van der Waals surface area contributed by atoms with Gasteiger partial charge in [0.05, 0.1) is 6.61 Å². The second-order valence-electron chi connectivity index (χ2n) is 8.68. The second kappa shape index (κ2) is 9.63. The van der Waals surface area contributed by atoms with Gasteiger partial charge in [0.25, 0.3) is 0 Å². The van der Waals surface area contributed by atoms with Crippen molar-refractivity contribution < 1.29 is 27.4 Å². The van der Waals surface area contributed by atoms with Gasteiger partial charge < -0.3 is 4.74 Å². The number of halogens is 3. The molecule has 3 nitrogen and oxygen atoms in total. The summed E-state index contributed by atoms with van der Waals surface area (Å²) in [5.41, 5.74) is -1.72. The lowest BCUT2D eigenvalue weighted by atomic mass is 9.66. The second-order valence-corrected chi connectivity index (χ2v) is 8.68. The van der Waals surface area contributed by atoms with E-state index in [1.54, 1.807) is 121 Å². The number of ether oxygens (including phenoxy) is 3. The highest BCUT2D eigenvalue weighted by Crippen LogP contribution is 2.65. The van der Waals surface area contributed by atoms with Gasteiger partial charge in [-0.2, -0.15) is 13.2 Å². The van der Waals surface area contributed by atoms with Gasteiger partial charge in [0.2, 0.25) is 0 Å². The van der Waals surface area contributed by atoms with E-state index < -0.39 is 30.0 Å². The first-order chi connectivity index (χ1) is 17.9. The van der Waals surface area contributed by atoms with E-state index in [2.05, 4.69) is 6.58 Å². The van der Waals surface area contributed by atoms with E-state index in [1.807, 2.05) is 0 Å². The van der Waals surface area contributed by atoms with Crippen molar-refractivity contribution in [3.8, 4) is 0 Å². The Kier molecular flexibility index (Phi) is 6.50. The van der Waals surface area contributed by atoms with Gasteiger partial charge >= 0.3 is 12.1 Å². The van der Waals surface area contributed by atoms with Crippen LogP contribution in [0.5, 0.6) is 0 Å². The molecule has 0 radical (unpaired) electrons. The molecule has 0 N–H and O–H groups in total. The smallest absolute Gasteiger partial charge is 0.316 e. The normalized spacial score (nSPS) is 17.8. The van der Waals surface area contributed by atoms with Crippen LogP contribution >= 0.6 is 0 Å². The Morgan fingerprint density at radius 3 is 1.14 bits per heavy atom. The van der Waals surface area contributed by atoms with E-state index >= 15 is 13.2 Å². The standard InChI is InChI=1S/C31H25F3O3/c1-2-23-35-31(30(32,33)34)36-28(24-15-7-3-8-16-24,25-17-9-4-10-18-25)29(37-31,26-19-11-5-12-20-26)27-21-13-6-14-22-27/h2-22H,1,23H2. The Balaban J connectivity index is 1.98. The first-order valence-electron chi connectivity index (χ1n) is 11.8. The Morgan fingerprint density at radius 1 is 0.595 bits per heavy atom. The molecule has 1 aliphatic heterocycles. The summed E-state index contributed by atoms with van der Waals surface area (Å²) in [6.45, 7) is 3.09. The maximum atomic E-state index is 15.1. The summed E-state index contributed by atoms with van der Waals surface area (Å²) in [4.78, 5) is 0. The molecule has 0 amide bonds. The molecule has 0 aliphatic carbocycles. The third-order valence-electron chi connectivity index (χ3n) is 6.53. The molecule has 0 saturated carbocycles. The SMILES string of the molecule is C=CCOC1(C(F)(F)F)OC(c2ccccc2)(c2ccccc2)C(c2ccccc2)(c2ccccc2)O1. The molecule has 0 spiro atoms. The van der Waals surface area contributed by atoms with Crippen LogP contribution in [0.3, 0.4) is 0 Å². The molecule has 37 heavy (non-hydrogen) atoms. The van der Waals surface area contributed by atoms with Crippen molar-refractivity contribution >= 4 is 0 Å². The summed E-state index contributed by atoms with van der Waals surface area (Å²) in [6.07, 6.45) is -3.83. The van der Waals surface area contributed by atoms with Crippen LogP contribution in [0.1, 0.15) is 22.3 Å². The van der Waals surface area contributed by atoms with Gasteiger partial charge in [-0.3, -0.25) is 9.47 Å². The summed E-state index contributed by atoms with van der Waals surface area (Å²) in [6, 6.07) is 35.3. The van der Waals surface area contributed by atoms with E-state index in [0.29, 0.717) is 22.3 Å². The summed E-state index contributed by atoms with van der Waals surface area (Å²) in [7, 11) is 0. The Hall–Kier alpha value is -3.71. The monoisotopic (exact) mass is 502 g/mol. The molecule has 4 aromatic rings. The van der Waals surface area contributed by atoms with Crippen LogP contribution < -0.4 is 0 Å². The summed E-state index contributed by atoms with van der Waals surface area (Å²) in [5.74, 6) is -3.40. The molecule has 1 aliphatic rings. The lowest BCUT2D eigenvalue weighted by Crippen LogP contribution is -2.50. The average Bonchev–Trinajstić information content (AvgIpc) is 3.28. The van der Waals surface area contributed by atoms with E-state index in [1.165, 1.54) is 6.08 Å². The fraction of sp³-hybridized carbons (Fsp3) is 0.161. The van der Waals surface area contributed by atoms with Gasteiger partial charge in [0, 0.05) is 0 Å². The van der Waals surface area contributed by atoms with Crippen molar-refractivity contribution in [3.05, 3.63) is 156 Å². The third-order valence-corrected chi connectivity index (χ3v) is 6.53. The molecule has 0 aromatic heterocycles. The summed E-state index contributed by atoms with van der Waals surface area (Å²) >= 11 is 0. The highest BCUT2D eigenvalue weighted by molar-refractivity contribution is 5.52. The number of hydrogen-bond donors (Lipinski definition) is 0. The van der Waals surface area contributed by atoms with Crippen molar-refractivity contribution in [1.29, 1.82) is 0 Å². The molecule has 0 unspecified atom stereocenters. The predicted octanol–water partition coefficient (Wildman–Crippen LogP) is 7.34. The lowest BCUT2D eigenvalue weighted by molar-refractivity contribution is -0.461. The van der Waals surface area contributed by atoms with Gasteiger partial charge in [-0.05, 0) is 22.3 Å². The van der Waals surface area contributed by atoms with Gasteiger partial charge in [-0.15, -0.1) is 6.58 Å². The largest absolute Gasteiger partial charge is 0.473 e. The van der Waals surface area contributed by atoms with E-state index in [-0.39, 0.29) is 0 Å². The maximum absolute atomic E-state index is 15.1. The van der Waals surface area contributed by atoms with Crippen molar-refractivity contribution in [1.82, 2.24) is 0 Å². The fourth-order valence-electron chi connectivity index (χ4n) is 5.07. The molecule has 1 saturated heterocycles. The van der Waals surface area contributed by atoms with Crippen molar-refractivity contribution in [2.24, 2.45) is 0 Å². The molecule has 0 bridgehead atoms. The lowest BCUT2D eigenvalue weighted by Gasteiger charge is -2.44. The van der Waals surface area contributed by atoms with Gasteiger partial charge in [0.1, 0.15) is 0 Å². The fourth-order valence-corrected chi connectivity index (χ4v) is 5.07. The molecule has 4 aromatic carbocycles. The minimum Gasteiger partial charge on any atom is -0.316 e. The zero-order valence-electron chi connectivity index (χ0n) is 19.9. The highest BCUT2D eigenvalue weighted by Gasteiger charge is 2.78. The van der Waals surface area contributed by atoms with Crippen LogP contribution in [0.4, 0.5) is 13.2 Å². The van der Waals surface area contributed by atoms with E-state index in [9.17, 15) is 0 Å². The van der Waals surface area contributed by atoms with Crippen molar-refractivity contribution in [2.75, 3.05) is 6.61 Å². The van der Waals surface area contributed by atoms with Crippen LogP contribution in [0.15, 0.2) is 134 Å². The number of rotatable bonds is 7. The quantitative estimate of drug-likeness (QED) is 0.248. The zero-order chi connectivity index (χ0) is 26.0. The Bertz CT molecular complexity index is 1150. The first kappa shape index (κ1) is 25.0. The highest BCUT2D eigenvalue weighted by atomic mass is 19.4. The minimum absolute atomic E-state index is 0.446. The zero-order valence-corrected chi connectivity index (χ0v) is 19.9. The summed E-state index contributed by atoms with van der Waals surface area (Å²) < 4.78 is 63.2. The van der Waals surface area contributed by atoms with Gasteiger partial charge in [-0.25, -0.2) is 0 Å². The topological polar surface area (TPSA) is 27.7 Å². The van der Waals surface area contributed by atoms with Gasteiger partial charge in [-0.1, -0.05) is 127 Å².